The topological polar surface area (TPSA) is 26.0 Å². The van der Waals surface area contributed by atoms with Crippen LogP contribution in [0, 0.1) is 6.92 Å². The largest absolute Gasteiger partial charge is 0.440 e. The van der Waals surface area contributed by atoms with Crippen LogP contribution in [0.3, 0.4) is 0 Å². The molecule has 0 fully saturated rings. The first-order chi connectivity index (χ1) is 12.3. The zero-order valence-corrected chi connectivity index (χ0v) is 14.1. The number of rotatable bonds is 4. The number of oxazole rings is 1. The van der Waals surface area contributed by atoms with E-state index in [1.54, 1.807) is 0 Å². The molecule has 0 radical (unpaired) electrons. The van der Waals surface area contributed by atoms with Crippen LogP contribution in [0.4, 0.5) is 0 Å². The molecule has 2 nitrogen and oxygen atoms in total. The van der Waals surface area contributed by atoms with Crippen molar-refractivity contribution in [1.29, 1.82) is 0 Å². The van der Waals surface area contributed by atoms with Gasteiger partial charge in [-0.15, -0.1) is 0 Å². The maximum atomic E-state index is 6.18. The summed E-state index contributed by atoms with van der Waals surface area (Å²) in [5, 5.41) is 0. The Hall–Kier alpha value is -3.13. The molecule has 0 saturated carbocycles. The number of hydrogen-bond acceptors (Lipinski definition) is 2. The van der Waals surface area contributed by atoms with Gasteiger partial charge in [-0.25, -0.2) is 4.98 Å². The van der Waals surface area contributed by atoms with Gasteiger partial charge in [-0.1, -0.05) is 78.4 Å². The molecule has 0 aliphatic rings. The summed E-state index contributed by atoms with van der Waals surface area (Å²) >= 11 is 0. The molecule has 3 aromatic carbocycles. The van der Waals surface area contributed by atoms with Gasteiger partial charge in [0.15, 0.2) is 0 Å². The molecular formula is C23H19NO. The van der Waals surface area contributed by atoms with Crippen molar-refractivity contribution in [2.75, 3.05) is 0 Å². The Bertz CT molecular complexity index is 954. The van der Waals surface area contributed by atoms with Crippen LogP contribution in [0.15, 0.2) is 89.3 Å². The van der Waals surface area contributed by atoms with Crippen LogP contribution in [0.5, 0.6) is 0 Å². The summed E-state index contributed by atoms with van der Waals surface area (Å²) in [5.74, 6) is 1.57. The number of aryl methyl sites for hydroxylation is 1. The van der Waals surface area contributed by atoms with E-state index in [2.05, 4.69) is 55.5 Å². The van der Waals surface area contributed by atoms with Crippen molar-refractivity contribution in [3.8, 4) is 22.7 Å². The van der Waals surface area contributed by atoms with Crippen LogP contribution in [-0.2, 0) is 6.42 Å². The van der Waals surface area contributed by atoms with Crippen molar-refractivity contribution in [3.05, 3.63) is 102 Å². The van der Waals surface area contributed by atoms with Crippen molar-refractivity contribution in [3.63, 3.8) is 0 Å². The minimum absolute atomic E-state index is 0.669. The summed E-state index contributed by atoms with van der Waals surface area (Å²) in [6, 6.07) is 28.8. The lowest BCUT2D eigenvalue weighted by molar-refractivity contribution is 0.530. The second-order valence-corrected chi connectivity index (χ2v) is 6.19. The molecule has 0 atom stereocenters. The number of nitrogens with zero attached hydrogens (tertiary/aromatic N) is 1. The molecule has 4 rings (SSSR count). The third-order valence-electron chi connectivity index (χ3n) is 4.25. The van der Waals surface area contributed by atoms with Crippen molar-refractivity contribution in [1.82, 2.24) is 4.98 Å². The van der Waals surface area contributed by atoms with Crippen LogP contribution in [0.25, 0.3) is 22.7 Å². The molecule has 0 aliphatic carbocycles. The summed E-state index contributed by atoms with van der Waals surface area (Å²) in [7, 11) is 0. The predicted octanol–water partition coefficient (Wildman–Crippen LogP) is 5.91. The zero-order valence-electron chi connectivity index (χ0n) is 14.1. The van der Waals surface area contributed by atoms with Crippen LogP contribution in [-0.4, -0.2) is 4.98 Å². The van der Waals surface area contributed by atoms with E-state index in [0.717, 1.165) is 29.0 Å². The summed E-state index contributed by atoms with van der Waals surface area (Å²) in [4.78, 5) is 4.81. The summed E-state index contributed by atoms with van der Waals surface area (Å²) in [6.07, 6.45) is 0.726. The first-order valence-electron chi connectivity index (χ1n) is 8.46. The fraction of sp³-hybridized carbons (Fsp3) is 0.0870. The van der Waals surface area contributed by atoms with E-state index < -0.39 is 0 Å². The SMILES string of the molecule is Cc1ccc(-c2nc(-c3ccccc3)oc2Cc2ccccc2)cc1. The molecule has 0 amide bonds. The van der Waals surface area contributed by atoms with Gasteiger partial charge in [-0.2, -0.15) is 0 Å². The second-order valence-electron chi connectivity index (χ2n) is 6.19. The normalized spacial score (nSPS) is 10.8. The number of aromatic nitrogens is 1. The van der Waals surface area contributed by atoms with Gasteiger partial charge in [0.05, 0.1) is 0 Å². The molecule has 25 heavy (non-hydrogen) atoms. The molecule has 0 saturated heterocycles. The smallest absolute Gasteiger partial charge is 0.226 e. The Labute approximate surface area is 147 Å². The molecule has 0 spiro atoms. The highest BCUT2D eigenvalue weighted by molar-refractivity contribution is 5.66. The van der Waals surface area contributed by atoms with Gasteiger partial charge in [0, 0.05) is 17.5 Å². The molecule has 0 unspecified atom stereocenters. The molecule has 4 aromatic rings. The second kappa shape index (κ2) is 6.78. The van der Waals surface area contributed by atoms with Crippen LogP contribution < -0.4 is 0 Å². The van der Waals surface area contributed by atoms with E-state index in [0.29, 0.717) is 5.89 Å². The van der Waals surface area contributed by atoms with Gasteiger partial charge in [-0.05, 0) is 24.6 Å². The lowest BCUT2D eigenvalue weighted by atomic mass is 10.0. The summed E-state index contributed by atoms with van der Waals surface area (Å²) in [6.45, 7) is 2.09. The average Bonchev–Trinajstić information content (AvgIpc) is 3.08. The molecule has 1 heterocycles. The molecule has 0 bridgehead atoms. The van der Waals surface area contributed by atoms with Crippen LogP contribution in [0.1, 0.15) is 16.9 Å². The highest BCUT2D eigenvalue weighted by atomic mass is 16.4. The molecule has 2 heteroatoms. The molecule has 122 valence electrons. The van der Waals surface area contributed by atoms with E-state index in [-0.39, 0.29) is 0 Å². The van der Waals surface area contributed by atoms with E-state index in [1.807, 2.05) is 36.4 Å². The Morgan fingerprint density at radius 3 is 2.04 bits per heavy atom. The van der Waals surface area contributed by atoms with Crippen LogP contribution in [0.2, 0.25) is 0 Å². The lowest BCUT2D eigenvalue weighted by Crippen LogP contribution is -1.89. The average molecular weight is 325 g/mol. The maximum absolute atomic E-state index is 6.18. The van der Waals surface area contributed by atoms with E-state index in [9.17, 15) is 0 Å². The first kappa shape index (κ1) is 15.4. The minimum Gasteiger partial charge on any atom is -0.440 e. The minimum atomic E-state index is 0.669. The highest BCUT2D eigenvalue weighted by Crippen LogP contribution is 2.30. The summed E-state index contributed by atoms with van der Waals surface area (Å²) in [5.41, 5.74) is 5.45. The van der Waals surface area contributed by atoms with Gasteiger partial charge in [-0.3, -0.25) is 0 Å². The lowest BCUT2D eigenvalue weighted by Gasteiger charge is -2.02. The standard InChI is InChI=1S/C23H19NO/c1-17-12-14-19(15-13-17)22-21(16-18-8-4-2-5-9-18)25-23(24-22)20-10-6-3-7-11-20/h2-15H,16H2,1H3. The predicted molar refractivity (Wildman–Crippen MR) is 101 cm³/mol. The molecule has 0 N–H and O–H groups in total. The van der Waals surface area contributed by atoms with Crippen molar-refractivity contribution >= 4 is 0 Å². The first-order valence-corrected chi connectivity index (χ1v) is 8.46. The number of hydrogen-bond donors (Lipinski definition) is 0. The Balaban J connectivity index is 1.80. The maximum Gasteiger partial charge on any atom is 0.226 e. The molecule has 1 aromatic heterocycles. The molecule has 0 aliphatic heterocycles. The van der Waals surface area contributed by atoms with Crippen molar-refractivity contribution in [2.24, 2.45) is 0 Å². The third-order valence-corrected chi connectivity index (χ3v) is 4.25. The zero-order chi connectivity index (χ0) is 17.1. The fourth-order valence-corrected chi connectivity index (χ4v) is 2.89. The van der Waals surface area contributed by atoms with Gasteiger partial charge in [0.1, 0.15) is 11.5 Å². The summed E-state index contributed by atoms with van der Waals surface area (Å²) < 4.78 is 6.18. The van der Waals surface area contributed by atoms with Gasteiger partial charge in [0.2, 0.25) is 5.89 Å². The Morgan fingerprint density at radius 1 is 0.720 bits per heavy atom. The highest BCUT2D eigenvalue weighted by Gasteiger charge is 2.16. The monoisotopic (exact) mass is 325 g/mol. The fourth-order valence-electron chi connectivity index (χ4n) is 2.89. The van der Waals surface area contributed by atoms with Gasteiger partial charge in [0.25, 0.3) is 0 Å². The number of benzene rings is 3. The van der Waals surface area contributed by atoms with Crippen molar-refractivity contribution < 1.29 is 4.42 Å². The van der Waals surface area contributed by atoms with Crippen molar-refractivity contribution in [2.45, 2.75) is 13.3 Å². The van der Waals surface area contributed by atoms with Gasteiger partial charge < -0.3 is 4.42 Å². The Morgan fingerprint density at radius 2 is 1.36 bits per heavy atom. The third kappa shape index (κ3) is 3.38. The van der Waals surface area contributed by atoms with Crippen LogP contribution >= 0.6 is 0 Å². The quantitative estimate of drug-likeness (QED) is 0.466. The molecular weight excluding hydrogens is 306 g/mol. The Kier molecular flexibility index (Phi) is 4.17. The van der Waals surface area contributed by atoms with E-state index in [1.165, 1.54) is 11.1 Å². The van der Waals surface area contributed by atoms with E-state index >= 15 is 0 Å². The van der Waals surface area contributed by atoms with Gasteiger partial charge >= 0.3 is 0 Å². The van der Waals surface area contributed by atoms with E-state index in [4.69, 9.17) is 9.40 Å².